The van der Waals surface area contributed by atoms with Gasteiger partial charge >= 0.3 is 5.97 Å². The van der Waals surface area contributed by atoms with E-state index >= 15 is 0 Å². The molecule has 3 nitrogen and oxygen atoms in total. The first-order valence-corrected chi connectivity index (χ1v) is 4.64. The Bertz CT molecular complexity index is 332. The number of carbonyl (C=O) groups excluding carboxylic acids is 1. The first-order chi connectivity index (χ1) is 7.20. The van der Waals surface area contributed by atoms with Gasteiger partial charge in [-0.05, 0) is 5.56 Å². The molecule has 0 aliphatic carbocycles. The molecule has 0 saturated heterocycles. The molecular formula is C12H14O3. The second kappa shape index (κ2) is 5.32. The zero-order valence-electron chi connectivity index (χ0n) is 8.59. The van der Waals surface area contributed by atoms with Crippen LogP contribution in [0.15, 0.2) is 43.0 Å². The first-order valence-electron chi connectivity index (χ1n) is 4.64. The van der Waals surface area contributed by atoms with E-state index in [0.717, 1.165) is 0 Å². The Hall–Kier alpha value is -1.61. The molecule has 1 aromatic rings. The Labute approximate surface area is 89.0 Å². The largest absolute Gasteiger partial charge is 0.468 e. The predicted octanol–water partition coefficient (Wildman–Crippen LogP) is 1.70. The summed E-state index contributed by atoms with van der Waals surface area (Å²) in [5, 5.41) is 9.91. The zero-order chi connectivity index (χ0) is 11.3. The summed E-state index contributed by atoms with van der Waals surface area (Å²) in [4.78, 5) is 11.3. The number of esters is 1. The van der Waals surface area contributed by atoms with Gasteiger partial charge in [-0.3, -0.25) is 4.79 Å². The summed E-state index contributed by atoms with van der Waals surface area (Å²) in [6, 6.07) is 8.96. The van der Waals surface area contributed by atoms with Crippen molar-refractivity contribution in [2.45, 2.75) is 6.10 Å². The highest BCUT2D eigenvalue weighted by molar-refractivity contribution is 5.75. The Morgan fingerprint density at radius 3 is 2.53 bits per heavy atom. The molecular weight excluding hydrogens is 192 g/mol. The minimum absolute atomic E-state index is 0.485. The molecule has 0 spiro atoms. The van der Waals surface area contributed by atoms with Crippen LogP contribution in [0, 0.1) is 5.92 Å². The number of benzene rings is 1. The molecule has 0 aliphatic heterocycles. The standard InChI is InChI=1S/C12H14O3/c1-3-10(12(14)15-2)11(13)9-7-5-4-6-8-9/h3-8,10-11,13H,1H2,2H3/t10-,11-/m0/s1. The quantitative estimate of drug-likeness (QED) is 0.602. The van der Waals surface area contributed by atoms with Crippen LogP contribution in [0.3, 0.4) is 0 Å². The average Bonchev–Trinajstić information content (AvgIpc) is 2.30. The van der Waals surface area contributed by atoms with Gasteiger partial charge in [0.15, 0.2) is 0 Å². The van der Waals surface area contributed by atoms with Crippen LogP contribution in [0.5, 0.6) is 0 Å². The molecule has 0 amide bonds. The number of ether oxygens (including phenoxy) is 1. The number of carbonyl (C=O) groups is 1. The molecule has 1 N–H and O–H groups in total. The number of aliphatic hydroxyl groups excluding tert-OH is 1. The van der Waals surface area contributed by atoms with Crippen molar-refractivity contribution in [1.29, 1.82) is 0 Å². The van der Waals surface area contributed by atoms with E-state index in [4.69, 9.17) is 0 Å². The SMILES string of the molecule is C=C[C@H](C(=O)OC)[C@@H](O)c1ccccc1. The van der Waals surface area contributed by atoms with Crippen molar-refractivity contribution < 1.29 is 14.6 Å². The summed E-state index contributed by atoms with van der Waals surface area (Å²) in [6.07, 6.45) is 0.486. The van der Waals surface area contributed by atoms with Crippen LogP contribution in [0.2, 0.25) is 0 Å². The monoisotopic (exact) mass is 206 g/mol. The fourth-order valence-corrected chi connectivity index (χ4v) is 1.35. The number of hydrogen-bond acceptors (Lipinski definition) is 3. The van der Waals surface area contributed by atoms with E-state index in [2.05, 4.69) is 11.3 Å². The molecule has 3 heteroatoms. The van der Waals surface area contributed by atoms with E-state index in [1.165, 1.54) is 13.2 Å². The van der Waals surface area contributed by atoms with Gasteiger partial charge in [0.25, 0.3) is 0 Å². The molecule has 0 bridgehead atoms. The van der Waals surface area contributed by atoms with E-state index in [1.54, 1.807) is 24.3 Å². The Balaban J connectivity index is 2.87. The number of hydrogen-bond donors (Lipinski definition) is 1. The van der Waals surface area contributed by atoms with Gasteiger partial charge in [0.05, 0.1) is 13.2 Å². The number of methoxy groups -OCH3 is 1. The van der Waals surface area contributed by atoms with Crippen LogP contribution in [0.1, 0.15) is 11.7 Å². The van der Waals surface area contributed by atoms with Crippen LogP contribution < -0.4 is 0 Å². The average molecular weight is 206 g/mol. The van der Waals surface area contributed by atoms with Gasteiger partial charge in [0, 0.05) is 0 Å². The van der Waals surface area contributed by atoms with Gasteiger partial charge in [-0.25, -0.2) is 0 Å². The Morgan fingerprint density at radius 1 is 1.47 bits per heavy atom. The maximum Gasteiger partial charge on any atom is 0.315 e. The third-order valence-electron chi connectivity index (χ3n) is 2.21. The van der Waals surface area contributed by atoms with E-state index < -0.39 is 18.0 Å². The normalized spacial score (nSPS) is 14.0. The van der Waals surface area contributed by atoms with E-state index in [9.17, 15) is 9.90 Å². The third kappa shape index (κ3) is 2.67. The lowest BCUT2D eigenvalue weighted by Gasteiger charge is -2.17. The number of aliphatic hydroxyl groups is 1. The summed E-state index contributed by atoms with van der Waals surface area (Å²) >= 11 is 0. The molecule has 0 aromatic heterocycles. The second-order valence-corrected chi connectivity index (χ2v) is 3.14. The fraction of sp³-hybridized carbons (Fsp3) is 0.250. The third-order valence-corrected chi connectivity index (χ3v) is 2.21. The lowest BCUT2D eigenvalue weighted by atomic mass is 9.96. The van der Waals surface area contributed by atoms with E-state index in [-0.39, 0.29) is 0 Å². The molecule has 0 heterocycles. The van der Waals surface area contributed by atoms with Gasteiger partial charge in [-0.2, -0.15) is 0 Å². The van der Waals surface area contributed by atoms with E-state index in [1.807, 2.05) is 6.07 Å². The van der Waals surface area contributed by atoms with Crippen molar-refractivity contribution in [2.75, 3.05) is 7.11 Å². The maximum absolute atomic E-state index is 11.3. The van der Waals surface area contributed by atoms with Crippen molar-refractivity contribution in [3.8, 4) is 0 Å². The topological polar surface area (TPSA) is 46.5 Å². The van der Waals surface area contributed by atoms with Crippen LogP contribution in [-0.4, -0.2) is 18.2 Å². The van der Waals surface area contributed by atoms with Crippen molar-refractivity contribution in [2.24, 2.45) is 5.92 Å². The lowest BCUT2D eigenvalue weighted by molar-refractivity contribution is -0.147. The van der Waals surface area contributed by atoms with Gasteiger partial charge < -0.3 is 9.84 Å². The minimum atomic E-state index is -0.906. The van der Waals surface area contributed by atoms with Crippen LogP contribution in [0.4, 0.5) is 0 Å². The summed E-state index contributed by atoms with van der Waals surface area (Å²) in [5.41, 5.74) is 0.674. The summed E-state index contributed by atoms with van der Waals surface area (Å²) in [5.74, 6) is -1.21. The smallest absolute Gasteiger partial charge is 0.315 e. The van der Waals surface area contributed by atoms with E-state index in [0.29, 0.717) is 5.56 Å². The molecule has 80 valence electrons. The summed E-state index contributed by atoms with van der Waals surface area (Å²) in [7, 11) is 1.29. The summed E-state index contributed by atoms with van der Waals surface area (Å²) < 4.78 is 4.58. The first kappa shape index (κ1) is 11.5. The van der Waals surface area contributed by atoms with Gasteiger partial charge in [0.1, 0.15) is 5.92 Å². The Morgan fingerprint density at radius 2 is 2.07 bits per heavy atom. The van der Waals surface area contributed by atoms with Gasteiger partial charge in [0.2, 0.25) is 0 Å². The molecule has 0 unspecified atom stereocenters. The van der Waals surface area contributed by atoms with Gasteiger partial charge in [-0.15, -0.1) is 6.58 Å². The predicted molar refractivity (Wildman–Crippen MR) is 57.1 cm³/mol. The molecule has 1 rings (SSSR count). The van der Waals surface area contributed by atoms with Crippen molar-refractivity contribution in [3.63, 3.8) is 0 Å². The maximum atomic E-state index is 11.3. The second-order valence-electron chi connectivity index (χ2n) is 3.14. The molecule has 15 heavy (non-hydrogen) atoms. The highest BCUT2D eigenvalue weighted by Gasteiger charge is 2.25. The Kier molecular flexibility index (Phi) is 4.06. The molecule has 1 aromatic carbocycles. The zero-order valence-corrected chi connectivity index (χ0v) is 8.59. The fourth-order valence-electron chi connectivity index (χ4n) is 1.35. The van der Waals surface area contributed by atoms with Crippen LogP contribution >= 0.6 is 0 Å². The lowest BCUT2D eigenvalue weighted by Crippen LogP contribution is -2.21. The molecule has 0 radical (unpaired) electrons. The van der Waals surface area contributed by atoms with Crippen molar-refractivity contribution in [1.82, 2.24) is 0 Å². The molecule has 0 saturated carbocycles. The van der Waals surface area contributed by atoms with Crippen molar-refractivity contribution in [3.05, 3.63) is 48.6 Å². The molecule has 2 atom stereocenters. The van der Waals surface area contributed by atoms with Gasteiger partial charge in [-0.1, -0.05) is 36.4 Å². The molecule has 0 fully saturated rings. The van der Waals surface area contributed by atoms with Crippen molar-refractivity contribution >= 4 is 5.97 Å². The molecule has 0 aliphatic rings. The highest BCUT2D eigenvalue weighted by atomic mass is 16.5. The minimum Gasteiger partial charge on any atom is -0.468 e. The number of rotatable bonds is 4. The van der Waals surface area contributed by atoms with Crippen LogP contribution in [-0.2, 0) is 9.53 Å². The summed E-state index contributed by atoms with van der Waals surface area (Å²) in [6.45, 7) is 3.52. The van der Waals surface area contributed by atoms with Crippen LogP contribution in [0.25, 0.3) is 0 Å². The highest BCUT2D eigenvalue weighted by Crippen LogP contribution is 2.23.